The maximum atomic E-state index is 9.86. The number of nitrogens with one attached hydrogen (secondary N) is 1. The summed E-state index contributed by atoms with van der Waals surface area (Å²) in [6.07, 6.45) is 11.1. The first-order chi connectivity index (χ1) is 9.26. The molecular formula is C16H31NO2. The summed E-state index contributed by atoms with van der Waals surface area (Å²) in [4.78, 5) is 0. The van der Waals surface area contributed by atoms with Crippen LogP contribution in [0.2, 0.25) is 0 Å². The molecule has 3 nitrogen and oxygen atoms in total. The van der Waals surface area contributed by atoms with Crippen molar-refractivity contribution in [1.82, 2.24) is 5.32 Å². The highest BCUT2D eigenvalue weighted by Crippen LogP contribution is 2.13. The molecule has 0 saturated carbocycles. The Bertz CT molecular complexity index is 235. The molecule has 1 aliphatic carbocycles. The van der Waals surface area contributed by atoms with Crippen LogP contribution < -0.4 is 5.32 Å². The number of ether oxygens (including phenoxy) is 1. The lowest BCUT2D eigenvalue weighted by Gasteiger charge is -2.18. The average Bonchev–Trinajstić information content (AvgIpc) is 2.93. The fourth-order valence-electron chi connectivity index (χ4n) is 2.41. The van der Waals surface area contributed by atoms with Gasteiger partial charge in [0.05, 0.1) is 12.7 Å². The molecule has 0 spiro atoms. The van der Waals surface area contributed by atoms with Crippen molar-refractivity contribution in [3.05, 3.63) is 12.2 Å². The Morgan fingerprint density at radius 2 is 2.00 bits per heavy atom. The second-order valence-corrected chi connectivity index (χ2v) is 5.66. The molecule has 3 heteroatoms. The van der Waals surface area contributed by atoms with E-state index in [9.17, 15) is 5.11 Å². The fourth-order valence-corrected chi connectivity index (χ4v) is 2.41. The monoisotopic (exact) mass is 269 g/mol. The molecule has 2 unspecified atom stereocenters. The van der Waals surface area contributed by atoms with Crippen molar-refractivity contribution < 1.29 is 9.84 Å². The maximum Gasteiger partial charge on any atom is 0.0897 e. The molecule has 0 radical (unpaired) electrons. The zero-order chi connectivity index (χ0) is 13.9. The SMILES string of the molecule is CCCCC(CC)COCC(O)CNC1CC=CC1. The molecule has 0 amide bonds. The summed E-state index contributed by atoms with van der Waals surface area (Å²) in [5.74, 6) is 0.652. The van der Waals surface area contributed by atoms with Crippen molar-refractivity contribution >= 4 is 0 Å². The molecule has 1 rings (SSSR count). The van der Waals surface area contributed by atoms with Gasteiger partial charge in [-0.3, -0.25) is 0 Å². The van der Waals surface area contributed by atoms with Crippen LogP contribution in [0.5, 0.6) is 0 Å². The molecular weight excluding hydrogens is 238 g/mol. The van der Waals surface area contributed by atoms with Crippen LogP contribution in [-0.4, -0.2) is 37.0 Å². The third kappa shape index (κ3) is 7.71. The first-order valence-electron chi connectivity index (χ1n) is 7.90. The molecule has 0 aromatic rings. The van der Waals surface area contributed by atoms with Crippen LogP contribution in [0.1, 0.15) is 52.4 Å². The second-order valence-electron chi connectivity index (χ2n) is 5.66. The van der Waals surface area contributed by atoms with E-state index in [2.05, 4.69) is 31.3 Å². The molecule has 1 aliphatic rings. The van der Waals surface area contributed by atoms with Gasteiger partial charge in [-0.15, -0.1) is 0 Å². The summed E-state index contributed by atoms with van der Waals surface area (Å²) in [7, 11) is 0. The summed E-state index contributed by atoms with van der Waals surface area (Å²) in [5.41, 5.74) is 0. The average molecular weight is 269 g/mol. The van der Waals surface area contributed by atoms with Crippen molar-refractivity contribution in [2.45, 2.75) is 64.5 Å². The van der Waals surface area contributed by atoms with Gasteiger partial charge in [0, 0.05) is 19.2 Å². The molecule has 0 aromatic heterocycles. The number of hydrogen-bond donors (Lipinski definition) is 2. The summed E-state index contributed by atoms with van der Waals surface area (Å²) in [5, 5.41) is 13.2. The van der Waals surface area contributed by atoms with Crippen LogP contribution in [0, 0.1) is 5.92 Å². The molecule has 0 aromatic carbocycles. The van der Waals surface area contributed by atoms with Crippen molar-refractivity contribution in [2.24, 2.45) is 5.92 Å². The number of rotatable bonds is 11. The van der Waals surface area contributed by atoms with Gasteiger partial charge in [0.2, 0.25) is 0 Å². The van der Waals surface area contributed by atoms with Crippen LogP contribution in [0.4, 0.5) is 0 Å². The van der Waals surface area contributed by atoms with E-state index in [1.807, 2.05) is 0 Å². The minimum absolute atomic E-state index is 0.385. The highest BCUT2D eigenvalue weighted by molar-refractivity contribution is 4.97. The Labute approximate surface area is 118 Å². The third-order valence-corrected chi connectivity index (χ3v) is 3.86. The first kappa shape index (κ1) is 16.7. The summed E-state index contributed by atoms with van der Waals surface area (Å²) < 4.78 is 5.66. The van der Waals surface area contributed by atoms with E-state index >= 15 is 0 Å². The van der Waals surface area contributed by atoms with Gasteiger partial charge in [0.15, 0.2) is 0 Å². The second kappa shape index (κ2) is 10.4. The Morgan fingerprint density at radius 1 is 1.26 bits per heavy atom. The maximum absolute atomic E-state index is 9.86. The van der Waals surface area contributed by atoms with Gasteiger partial charge >= 0.3 is 0 Å². The third-order valence-electron chi connectivity index (χ3n) is 3.86. The minimum Gasteiger partial charge on any atom is -0.389 e. The Balaban J connectivity index is 2.00. The van der Waals surface area contributed by atoms with Gasteiger partial charge < -0.3 is 15.2 Å². The molecule has 2 atom stereocenters. The standard InChI is InChI=1S/C16H31NO2/c1-3-5-8-14(4-2)12-19-13-16(18)11-17-15-9-6-7-10-15/h6-7,14-18H,3-5,8-13H2,1-2H3. The van der Waals surface area contributed by atoms with Gasteiger partial charge in [-0.2, -0.15) is 0 Å². The topological polar surface area (TPSA) is 41.5 Å². The van der Waals surface area contributed by atoms with Crippen LogP contribution >= 0.6 is 0 Å². The quantitative estimate of drug-likeness (QED) is 0.567. The molecule has 2 N–H and O–H groups in total. The molecule has 0 bridgehead atoms. The van der Waals surface area contributed by atoms with E-state index in [0.29, 0.717) is 25.1 Å². The zero-order valence-electron chi connectivity index (χ0n) is 12.6. The smallest absolute Gasteiger partial charge is 0.0897 e. The largest absolute Gasteiger partial charge is 0.389 e. The summed E-state index contributed by atoms with van der Waals surface area (Å²) in [6.45, 7) is 6.32. The van der Waals surface area contributed by atoms with E-state index in [1.165, 1.54) is 25.7 Å². The molecule has 0 aliphatic heterocycles. The van der Waals surface area contributed by atoms with Gasteiger partial charge in [-0.25, -0.2) is 0 Å². The van der Waals surface area contributed by atoms with E-state index < -0.39 is 0 Å². The van der Waals surface area contributed by atoms with E-state index in [-0.39, 0.29) is 6.10 Å². The van der Waals surface area contributed by atoms with Crippen LogP contribution in [0.3, 0.4) is 0 Å². The Morgan fingerprint density at radius 3 is 2.63 bits per heavy atom. The highest BCUT2D eigenvalue weighted by atomic mass is 16.5. The fraction of sp³-hybridized carbons (Fsp3) is 0.875. The highest BCUT2D eigenvalue weighted by Gasteiger charge is 2.12. The minimum atomic E-state index is -0.385. The van der Waals surface area contributed by atoms with Gasteiger partial charge in [0.25, 0.3) is 0 Å². The lowest BCUT2D eigenvalue weighted by atomic mass is 10.0. The summed E-state index contributed by atoms with van der Waals surface area (Å²) >= 11 is 0. The number of aliphatic hydroxyl groups is 1. The first-order valence-corrected chi connectivity index (χ1v) is 7.90. The molecule has 0 heterocycles. The van der Waals surface area contributed by atoms with E-state index in [1.54, 1.807) is 0 Å². The molecule has 19 heavy (non-hydrogen) atoms. The van der Waals surface area contributed by atoms with E-state index in [4.69, 9.17) is 4.74 Å². The number of unbranched alkanes of at least 4 members (excludes halogenated alkanes) is 1. The van der Waals surface area contributed by atoms with Gasteiger partial charge in [-0.1, -0.05) is 45.3 Å². The van der Waals surface area contributed by atoms with Crippen molar-refractivity contribution in [2.75, 3.05) is 19.8 Å². The molecule has 0 saturated heterocycles. The predicted octanol–water partition coefficient (Wildman–Crippen LogP) is 2.89. The normalized spacial score (nSPS) is 18.9. The Kier molecular flexibility index (Phi) is 9.14. The van der Waals surface area contributed by atoms with Gasteiger partial charge in [0.1, 0.15) is 0 Å². The Hall–Kier alpha value is -0.380. The lowest BCUT2D eigenvalue weighted by Crippen LogP contribution is -2.36. The summed E-state index contributed by atoms with van der Waals surface area (Å²) in [6, 6.07) is 0.516. The van der Waals surface area contributed by atoms with Crippen LogP contribution in [0.15, 0.2) is 12.2 Å². The lowest BCUT2D eigenvalue weighted by molar-refractivity contribution is 0.0184. The van der Waals surface area contributed by atoms with Crippen LogP contribution in [0.25, 0.3) is 0 Å². The predicted molar refractivity (Wildman–Crippen MR) is 80.3 cm³/mol. The van der Waals surface area contributed by atoms with Crippen molar-refractivity contribution in [3.63, 3.8) is 0 Å². The molecule has 0 fully saturated rings. The van der Waals surface area contributed by atoms with Gasteiger partial charge in [-0.05, 0) is 25.2 Å². The molecule has 112 valence electrons. The number of hydrogen-bond acceptors (Lipinski definition) is 3. The van der Waals surface area contributed by atoms with Crippen molar-refractivity contribution in [3.8, 4) is 0 Å². The number of aliphatic hydroxyl groups excluding tert-OH is 1. The van der Waals surface area contributed by atoms with Crippen LogP contribution in [-0.2, 0) is 4.74 Å². The van der Waals surface area contributed by atoms with E-state index in [0.717, 1.165) is 19.4 Å². The zero-order valence-corrected chi connectivity index (χ0v) is 12.6. The van der Waals surface area contributed by atoms with Crippen molar-refractivity contribution in [1.29, 1.82) is 0 Å².